The van der Waals surface area contributed by atoms with Crippen LogP contribution in [0.15, 0.2) is 35.4 Å². The third kappa shape index (κ3) is 4.71. The maximum Gasteiger partial charge on any atom is 0.244 e. The molecule has 7 nitrogen and oxygen atoms in total. The Labute approximate surface area is 171 Å². The molecule has 1 amide bonds. The van der Waals surface area contributed by atoms with Crippen molar-refractivity contribution in [2.24, 2.45) is 5.10 Å². The largest absolute Gasteiger partial charge is 0.493 e. The van der Waals surface area contributed by atoms with E-state index >= 15 is 0 Å². The number of aromatic nitrogens is 1. The Morgan fingerprint density at radius 2 is 2.21 bits per heavy atom. The summed E-state index contributed by atoms with van der Waals surface area (Å²) in [5, 5.41) is 4.90. The SMILES string of the molecule is CCOc1c(Cl)cc(/C=N\NC(=O)Cc2ccc3nc(N)sc3c2)cc1OC. The fourth-order valence-electron chi connectivity index (χ4n) is 2.60. The van der Waals surface area contributed by atoms with Gasteiger partial charge in [0, 0.05) is 0 Å². The summed E-state index contributed by atoms with van der Waals surface area (Å²) in [5.74, 6) is 0.739. The highest BCUT2D eigenvalue weighted by atomic mass is 35.5. The third-order valence-corrected chi connectivity index (χ3v) is 4.91. The number of thiazole rings is 1. The Morgan fingerprint density at radius 3 is 2.96 bits per heavy atom. The van der Waals surface area contributed by atoms with Crippen LogP contribution in [0.4, 0.5) is 5.13 Å². The van der Waals surface area contributed by atoms with E-state index in [1.54, 1.807) is 12.1 Å². The van der Waals surface area contributed by atoms with Gasteiger partial charge < -0.3 is 15.2 Å². The molecule has 0 unspecified atom stereocenters. The number of ether oxygens (including phenoxy) is 2. The second-order valence-corrected chi connectivity index (χ2v) is 7.26. The van der Waals surface area contributed by atoms with Crippen molar-refractivity contribution in [2.45, 2.75) is 13.3 Å². The molecule has 0 atom stereocenters. The second-order valence-electron chi connectivity index (χ2n) is 5.79. The highest BCUT2D eigenvalue weighted by Crippen LogP contribution is 2.36. The van der Waals surface area contributed by atoms with E-state index in [0.29, 0.717) is 33.8 Å². The van der Waals surface area contributed by atoms with Gasteiger partial charge in [-0.25, -0.2) is 10.4 Å². The molecule has 9 heteroatoms. The first-order valence-corrected chi connectivity index (χ1v) is 9.66. The molecule has 0 aliphatic carbocycles. The van der Waals surface area contributed by atoms with Gasteiger partial charge in [-0.05, 0) is 42.3 Å². The molecule has 28 heavy (non-hydrogen) atoms. The third-order valence-electron chi connectivity index (χ3n) is 3.78. The Balaban J connectivity index is 1.64. The zero-order valence-electron chi connectivity index (χ0n) is 15.4. The van der Waals surface area contributed by atoms with Gasteiger partial charge in [-0.15, -0.1) is 0 Å². The molecular weight excluding hydrogens is 400 g/mol. The molecule has 0 bridgehead atoms. The van der Waals surface area contributed by atoms with E-state index in [9.17, 15) is 4.79 Å². The van der Waals surface area contributed by atoms with Crippen LogP contribution in [0.3, 0.4) is 0 Å². The molecule has 1 heterocycles. The van der Waals surface area contributed by atoms with Crippen LogP contribution >= 0.6 is 22.9 Å². The average Bonchev–Trinajstić information content (AvgIpc) is 3.03. The van der Waals surface area contributed by atoms with Crippen LogP contribution in [0, 0.1) is 0 Å². The lowest BCUT2D eigenvalue weighted by Gasteiger charge is -2.11. The molecule has 3 aromatic rings. The van der Waals surface area contributed by atoms with Crippen LogP contribution in [-0.4, -0.2) is 30.8 Å². The predicted octanol–water partition coefficient (Wildman–Crippen LogP) is 3.63. The van der Waals surface area contributed by atoms with E-state index < -0.39 is 0 Å². The van der Waals surface area contributed by atoms with Gasteiger partial charge in [0.1, 0.15) is 0 Å². The Hall–Kier alpha value is -2.84. The minimum atomic E-state index is -0.239. The van der Waals surface area contributed by atoms with Crippen LogP contribution in [0.25, 0.3) is 10.2 Å². The number of nitrogen functional groups attached to an aromatic ring is 1. The summed E-state index contributed by atoms with van der Waals surface area (Å²) in [5.41, 5.74) is 10.6. The number of fused-ring (bicyclic) bond motifs is 1. The van der Waals surface area contributed by atoms with Crippen LogP contribution in [0.5, 0.6) is 11.5 Å². The van der Waals surface area contributed by atoms with Crippen molar-refractivity contribution in [3.05, 3.63) is 46.5 Å². The van der Waals surface area contributed by atoms with Gasteiger partial charge in [0.2, 0.25) is 5.91 Å². The molecule has 3 N–H and O–H groups in total. The standard InChI is InChI=1S/C19H19ClN4O3S/c1-3-27-18-13(20)6-12(7-15(18)26-2)10-22-24-17(25)9-11-4-5-14-16(8-11)28-19(21)23-14/h4-8,10H,3,9H2,1-2H3,(H2,21,23)(H,24,25)/b22-10-. The van der Waals surface area contributed by atoms with Crippen molar-refractivity contribution in [3.8, 4) is 11.5 Å². The smallest absolute Gasteiger partial charge is 0.244 e. The molecule has 146 valence electrons. The zero-order chi connectivity index (χ0) is 20.1. The number of hydrogen-bond acceptors (Lipinski definition) is 7. The minimum absolute atomic E-state index is 0.193. The molecule has 1 aromatic heterocycles. The highest BCUT2D eigenvalue weighted by Gasteiger charge is 2.11. The van der Waals surface area contributed by atoms with Crippen molar-refractivity contribution < 1.29 is 14.3 Å². The number of carbonyl (C=O) groups is 1. The van der Waals surface area contributed by atoms with Gasteiger partial charge >= 0.3 is 0 Å². The number of amides is 1. The molecule has 0 radical (unpaired) electrons. The van der Waals surface area contributed by atoms with Gasteiger partial charge in [0.15, 0.2) is 16.6 Å². The first-order chi connectivity index (χ1) is 13.5. The number of nitrogens with two attached hydrogens (primary N) is 1. The predicted molar refractivity (Wildman–Crippen MR) is 113 cm³/mol. The normalized spacial score (nSPS) is 11.1. The van der Waals surface area contributed by atoms with E-state index in [1.165, 1.54) is 24.7 Å². The summed E-state index contributed by atoms with van der Waals surface area (Å²) in [6, 6.07) is 9.02. The maximum atomic E-state index is 12.1. The molecule has 0 saturated heterocycles. The molecule has 3 rings (SSSR count). The van der Waals surface area contributed by atoms with Gasteiger partial charge in [-0.2, -0.15) is 5.10 Å². The van der Waals surface area contributed by atoms with E-state index in [0.717, 1.165) is 15.8 Å². The summed E-state index contributed by atoms with van der Waals surface area (Å²) in [6.45, 7) is 2.34. The lowest BCUT2D eigenvalue weighted by atomic mass is 10.1. The van der Waals surface area contributed by atoms with Crippen molar-refractivity contribution in [2.75, 3.05) is 19.5 Å². The van der Waals surface area contributed by atoms with Crippen LogP contribution in [0.1, 0.15) is 18.1 Å². The number of anilines is 1. The number of nitrogens with one attached hydrogen (secondary N) is 1. The van der Waals surface area contributed by atoms with Crippen LogP contribution in [0.2, 0.25) is 5.02 Å². The molecule has 0 saturated carbocycles. The summed E-state index contributed by atoms with van der Waals surface area (Å²) >= 11 is 7.61. The number of hydrogen-bond donors (Lipinski definition) is 2. The highest BCUT2D eigenvalue weighted by molar-refractivity contribution is 7.22. The summed E-state index contributed by atoms with van der Waals surface area (Å²) in [7, 11) is 1.53. The number of nitrogens with zero attached hydrogens (tertiary/aromatic N) is 2. The number of rotatable bonds is 7. The average molecular weight is 419 g/mol. The topological polar surface area (TPSA) is 98.8 Å². The van der Waals surface area contributed by atoms with Gasteiger partial charge in [-0.1, -0.05) is 29.0 Å². The van der Waals surface area contributed by atoms with Crippen molar-refractivity contribution >= 4 is 50.4 Å². The number of methoxy groups -OCH3 is 1. The number of halogens is 1. The molecule has 0 spiro atoms. The Kier molecular flexibility index (Phi) is 6.33. The van der Waals surface area contributed by atoms with Crippen molar-refractivity contribution in [1.29, 1.82) is 0 Å². The van der Waals surface area contributed by atoms with E-state index in [1.807, 2.05) is 25.1 Å². The van der Waals surface area contributed by atoms with Gasteiger partial charge in [-0.3, -0.25) is 4.79 Å². The quantitative estimate of drug-likeness (QED) is 0.451. The molecule has 2 aromatic carbocycles. The number of benzene rings is 2. The maximum absolute atomic E-state index is 12.1. The van der Waals surface area contributed by atoms with Gasteiger partial charge in [0.25, 0.3) is 0 Å². The second kappa shape index (κ2) is 8.90. The fourth-order valence-corrected chi connectivity index (χ4v) is 3.67. The first kappa shape index (κ1) is 19.9. The number of carbonyl (C=O) groups excluding carboxylic acids is 1. The Morgan fingerprint density at radius 1 is 1.39 bits per heavy atom. The first-order valence-electron chi connectivity index (χ1n) is 8.47. The van der Waals surface area contributed by atoms with E-state index in [-0.39, 0.29) is 12.3 Å². The Bertz CT molecular complexity index is 1040. The molecule has 0 aliphatic heterocycles. The minimum Gasteiger partial charge on any atom is -0.493 e. The lowest BCUT2D eigenvalue weighted by molar-refractivity contribution is -0.120. The summed E-state index contributed by atoms with van der Waals surface area (Å²) < 4.78 is 11.7. The van der Waals surface area contributed by atoms with Crippen molar-refractivity contribution in [3.63, 3.8) is 0 Å². The van der Waals surface area contributed by atoms with E-state index in [2.05, 4.69) is 15.5 Å². The summed E-state index contributed by atoms with van der Waals surface area (Å²) in [6.07, 6.45) is 1.69. The molecule has 0 fully saturated rings. The van der Waals surface area contributed by atoms with Crippen LogP contribution < -0.4 is 20.6 Å². The van der Waals surface area contributed by atoms with Crippen molar-refractivity contribution in [1.82, 2.24) is 10.4 Å². The monoisotopic (exact) mass is 418 g/mol. The summed E-state index contributed by atoms with van der Waals surface area (Å²) in [4.78, 5) is 16.3. The van der Waals surface area contributed by atoms with Gasteiger partial charge in [0.05, 0.1) is 41.6 Å². The fraction of sp³-hybridized carbons (Fsp3) is 0.211. The zero-order valence-corrected chi connectivity index (χ0v) is 16.9. The number of hydrazone groups is 1. The lowest BCUT2D eigenvalue weighted by Crippen LogP contribution is -2.19. The molecule has 0 aliphatic rings. The van der Waals surface area contributed by atoms with E-state index in [4.69, 9.17) is 26.8 Å². The van der Waals surface area contributed by atoms with Crippen LogP contribution in [-0.2, 0) is 11.2 Å². The molecular formula is C19H19ClN4O3S.